The van der Waals surface area contributed by atoms with Gasteiger partial charge in [-0.2, -0.15) is 0 Å². The standard InChI is InChI=1S/C9H15NO2/c1-4-8-5-9(8,6(2)11)10-7(3)12/h8H,4-5H2,1-3H3,(H,10,12)/t8-,9?/m0/s1. The first-order chi connectivity index (χ1) is 5.53. The highest BCUT2D eigenvalue weighted by atomic mass is 16.2. The van der Waals surface area contributed by atoms with Crippen LogP contribution in [0.2, 0.25) is 0 Å². The van der Waals surface area contributed by atoms with Gasteiger partial charge < -0.3 is 5.32 Å². The van der Waals surface area contributed by atoms with E-state index >= 15 is 0 Å². The molecule has 0 bridgehead atoms. The Morgan fingerprint density at radius 1 is 1.50 bits per heavy atom. The molecule has 0 aromatic heterocycles. The fourth-order valence-corrected chi connectivity index (χ4v) is 1.81. The van der Waals surface area contributed by atoms with E-state index in [9.17, 15) is 9.59 Å². The topological polar surface area (TPSA) is 46.2 Å². The lowest BCUT2D eigenvalue weighted by Gasteiger charge is -2.14. The van der Waals surface area contributed by atoms with Crippen molar-refractivity contribution in [1.29, 1.82) is 0 Å². The SMILES string of the molecule is CC[C@H]1CC1(NC(C)=O)C(C)=O. The molecule has 1 rings (SSSR count). The average Bonchev–Trinajstić information content (AvgIpc) is 2.62. The summed E-state index contributed by atoms with van der Waals surface area (Å²) in [6, 6.07) is 0. The monoisotopic (exact) mass is 169 g/mol. The van der Waals surface area contributed by atoms with Crippen molar-refractivity contribution in [3.63, 3.8) is 0 Å². The lowest BCUT2D eigenvalue weighted by molar-refractivity contribution is -0.127. The quantitative estimate of drug-likeness (QED) is 0.681. The smallest absolute Gasteiger partial charge is 0.217 e. The van der Waals surface area contributed by atoms with E-state index in [0.717, 1.165) is 12.8 Å². The molecule has 1 aliphatic carbocycles. The summed E-state index contributed by atoms with van der Waals surface area (Å²) in [6.45, 7) is 5.04. The largest absolute Gasteiger partial charge is 0.344 e. The number of ketones is 1. The zero-order valence-electron chi connectivity index (χ0n) is 7.81. The van der Waals surface area contributed by atoms with Crippen LogP contribution in [0, 0.1) is 5.92 Å². The van der Waals surface area contributed by atoms with Gasteiger partial charge >= 0.3 is 0 Å². The van der Waals surface area contributed by atoms with E-state index in [4.69, 9.17) is 0 Å². The number of rotatable bonds is 3. The second kappa shape index (κ2) is 2.88. The first-order valence-electron chi connectivity index (χ1n) is 4.32. The van der Waals surface area contributed by atoms with E-state index in [2.05, 4.69) is 5.32 Å². The number of amides is 1. The highest BCUT2D eigenvalue weighted by Gasteiger charge is 2.57. The molecule has 1 amide bonds. The number of Topliss-reactive ketones (excluding diaryl/α,β-unsaturated/α-hetero) is 1. The molecule has 0 heterocycles. The third-order valence-electron chi connectivity index (χ3n) is 2.63. The Bertz CT molecular complexity index is 225. The molecule has 68 valence electrons. The van der Waals surface area contributed by atoms with E-state index in [1.807, 2.05) is 6.92 Å². The van der Waals surface area contributed by atoms with Crippen molar-refractivity contribution in [3.8, 4) is 0 Å². The molecule has 0 aliphatic heterocycles. The third kappa shape index (κ3) is 1.36. The lowest BCUT2D eigenvalue weighted by atomic mass is 10.1. The highest BCUT2D eigenvalue weighted by molar-refractivity contribution is 5.94. The van der Waals surface area contributed by atoms with Gasteiger partial charge in [0.2, 0.25) is 5.91 Å². The summed E-state index contributed by atoms with van der Waals surface area (Å²) < 4.78 is 0. The van der Waals surface area contributed by atoms with Crippen LogP contribution in [0.25, 0.3) is 0 Å². The minimum absolute atomic E-state index is 0.0875. The van der Waals surface area contributed by atoms with Crippen LogP contribution in [-0.4, -0.2) is 17.2 Å². The number of hydrogen-bond acceptors (Lipinski definition) is 2. The first-order valence-corrected chi connectivity index (χ1v) is 4.32. The summed E-state index contributed by atoms with van der Waals surface area (Å²) in [5.41, 5.74) is -0.499. The molecule has 0 radical (unpaired) electrons. The van der Waals surface area contributed by atoms with Crippen molar-refractivity contribution in [3.05, 3.63) is 0 Å². The summed E-state index contributed by atoms with van der Waals surface area (Å²) in [5, 5.41) is 2.74. The van der Waals surface area contributed by atoms with Crippen LogP contribution in [0.3, 0.4) is 0 Å². The number of hydrogen-bond donors (Lipinski definition) is 1. The molecular weight excluding hydrogens is 154 g/mol. The minimum Gasteiger partial charge on any atom is -0.344 e. The fraction of sp³-hybridized carbons (Fsp3) is 0.778. The van der Waals surface area contributed by atoms with E-state index in [0.29, 0.717) is 5.92 Å². The van der Waals surface area contributed by atoms with Crippen LogP contribution in [0.5, 0.6) is 0 Å². The lowest BCUT2D eigenvalue weighted by Crippen LogP contribution is -2.42. The maximum Gasteiger partial charge on any atom is 0.217 e. The van der Waals surface area contributed by atoms with Crippen molar-refractivity contribution >= 4 is 11.7 Å². The molecule has 1 unspecified atom stereocenters. The minimum atomic E-state index is -0.499. The van der Waals surface area contributed by atoms with Crippen molar-refractivity contribution < 1.29 is 9.59 Å². The Balaban J connectivity index is 2.65. The van der Waals surface area contributed by atoms with Gasteiger partial charge in [0, 0.05) is 6.92 Å². The predicted molar refractivity (Wildman–Crippen MR) is 45.6 cm³/mol. The zero-order valence-corrected chi connectivity index (χ0v) is 7.81. The summed E-state index contributed by atoms with van der Waals surface area (Å²) in [7, 11) is 0. The van der Waals surface area contributed by atoms with Crippen molar-refractivity contribution in [2.24, 2.45) is 5.92 Å². The van der Waals surface area contributed by atoms with Gasteiger partial charge in [-0.3, -0.25) is 9.59 Å². The van der Waals surface area contributed by atoms with Gasteiger partial charge in [0.15, 0.2) is 5.78 Å². The molecule has 2 atom stereocenters. The van der Waals surface area contributed by atoms with Crippen LogP contribution >= 0.6 is 0 Å². The Morgan fingerprint density at radius 3 is 2.33 bits per heavy atom. The summed E-state index contributed by atoms with van der Waals surface area (Å²) in [5.74, 6) is 0.338. The second-order valence-corrected chi connectivity index (χ2v) is 3.52. The molecule has 0 spiro atoms. The Kier molecular flexibility index (Phi) is 2.22. The van der Waals surface area contributed by atoms with E-state index in [-0.39, 0.29) is 11.7 Å². The fourth-order valence-electron chi connectivity index (χ4n) is 1.81. The molecule has 1 aliphatic rings. The Labute approximate surface area is 72.5 Å². The van der Waals surface area contributed by atoms with Gasteiger partial charge in [-0.25, -0.2) is 0 Å². The maximum atomic E-state index is 11.2. The number of carbonyl (C=O) groups excluding carboxylic acids is 2. The average molecular weight is 169 g/mol. The van der Waals surface area contributed by atoms with Gasteiger partial charge in [0.05, 0.1) is 0 Å². The molecule has 1 fully saturated rings. The number of nitrogens with one attached hydrogen (secondary N) is 1. The highest BCUT2D eigenvalue weighted by Crippen LogP contribution is 2.46. The molecule has 3 nitrogen and oxygen atoms in total. The van der Waals surface area contributed by atoms with E-state index < -0.39 is 5.54 Å². The molecule has 1 saturated carbocycles. The van der Waals surface area contributed by atoms with E-state index in [1.54, 1.807) is 6.92 Å². The van der Waals surface area contributed by atoms with Gasteiger partial charge in [-0.15, -0.1) is 0 Å². The van der Waals surface area contributed by atoms with Crippen LogP contribution in [0.15, 0.2) is 0 Å². The second-order valence-electron chi connectivity index (χ2n) is 3.52. The normalized spacial score (nSPS) is 32.8. The van der Waals surface area contributed by atoms with Crippen LogP contribution < -0.4 is 5.32 Å². The van der Waals surface area contributed by atoms with Crippen LogP contribution in [0.1, 0.15) is 33.6 Å². The predicted octanol–water partition coefficient (Wildman–Crippen LogP) is 0.880. The Hall–Kier alpha value is -0.860. The number of carbonyl (C=O) groups is 2. The van der Waals surface area contributed by atoms with E-state index in [1.165, 1.54) is 6.92 Å². The van der Waals surface area contributed by atoms with Gasteiger partial charge in [0.1, 0.15) is 5.54 Å². The molecule has 0 aromatic carbocycles. The summed E-state index contributed by atoms with van der Waals surface area (Å²) in [6.07, 6.45) is 1.78. The summed E-state index contributed by atoms with van der Waals surface area (Å²) in [4.78, 5) is 22.0. The van der Waals surface area contributed by atoms with Crippen molar-refractivity contribution in [1.82, 2.24) is 5.32 Å². The van der Waals surface area contributed by atoms with Gasteiger partial charge in [-0.1, -0.05) is 13.3 Å². The molecule has 0 saturated heterocycles. The van der Waals surface area contributed by atoms with Gasteiger partial charge in [-0.05, 0) is 19.3 Å². The maximum absolute atomic E-state index is 11.2. The first kappa shape index (κ1) is 9.23. The molecule has 1 N–H and O–H groups in total. The van der Waals surface area contributed by atoms with Crippen LogP contribution in [-0.2, 0) is 9.59 Å². The van der Waals surface area contributed by atoms with Crippen molar-refractivity contribution in [2.75, 3.05) is 0 Å². The molecule has 0 aromatic rings. The van der Waals surface area contributed by atoms with Crippen molar-refractivity contribution in [2.45, 2.75) is 39.2 Å². The van der Waals surface area contributed by atoms with Gasteiger partial charge in [0.25, 0.3) is 0 Å². The van der Waals surface area contributed by atoms with Crippen LogP contribution in [0.4, 0.5) is 0 Å². The molecule has 3 heteroatoms. The zero-order chi connectivity index (χ0) is 9.35. The third-order valence-corrected chi connectivity index (χ3v) is 2.63. The Morgan fingerprint density at radius 2 is 2.08 bits per heavy atom. The molecular formula is C9H15NO2. The summed E-state index contributed by atoms with van der Waals surface area (Å²) >= 11 is 0. The molecule has 12 heavy (non-hydrogen) atoms.